The van der Waals surface area contributed by atoms with Crippen LogP contribution < -0.4 is 10.1 Å². The number of nitrogens with zero attached hydrogens (tertiary/aromatic N) is 3. The number of H-pyrrole nitrogens is 1. The minimum absolute atomic E-state index is 0.169. The molecule has 2 atom stereocenters. The molecule has 5 heterocycles. The maximum Gasteiger partial charge on any atom is 0.255 e. The number of likely N-dealkylation sites (tertiary alicyclic amines) is 1. The van der Waals surface area contributed by atoms with Crippen LogP contribution >= 0.6 is 0 Å². The van der Waals surface area contributed by atoms with Gasteiger partial charge < -0.3 is 14.6 Å². The van der Waals surface area contributed by atoms with Gasteiger partial charge in [-0.05, 0) is 67.3 Å². The Morgan fingerprint density at radius 2 is 2.00 bits per heavy atom. The fourth-order valence-corrected chi connectivity index (χ4v) is 5.66. The number of aromatic nitrogens is 2. The van der Waals surface area contributed by atoms with Crippen LogP contribution in [-0.2, 0) is 22.7 Å². The highest BCUT2D eigenvalue weighted by molar-refractivity contribution is 6.05. The fourth-order valence-electron chi connectivity index (χ4n) is 5.66. The number of rotatable bonds is 6. The summed E-state index contributed by atoms with van der Waals surface area (Å²) < 4.78 is 6.25. The molecule has 1 unspecified atom stereocenters. The van der Waals surface area contributed by atoms with E-state index in [1.165, 1.54) is 18.4 Å². The van der Waals surface area contributed by atoms with Gasteiger partial charge in [-0.3, -0.25) is 24.6 Å². The van der Waals surface area contributed by atoms with E-state index in [2.05, 4.69) is 32.3 Å². The van der Waals surface area contributed by atoms with Gasteiger partial charge >= 0.3 is 0 Å². The molecule has 0 radical (unpaired) electrons. The number of carbonyl (C=O) groups excluding carboxylic acids is 3. The van der Waals surface area contributed by atoms with Crippen LogP contribution in [0.3, 0.4) is 0 Å². The van der Waals surface area contributed by atoms with Crippen LogP contribution in [0.25, 0.3) is 11.0 Å². The zero-order chi connectivity index (χ0) is 24.6. The Labute approximate surface area is 208 Å². The standard InChI is InChI=1S/C27H29N5O4/c33-24-7-6-23(26(34)30-24)32-15-18-13-20(4-5-22(18)27(32)35)36-16-19-3-1-2-12-31(19)14-17-8-10-28-25-21(17)9-11-29-25/h4-5,8-11,13,19,23H,1-3,6-7,12,14-16H2,(H,28,29)(H,30,33,34)/t19-,23?/m0/s1. The lowest BCUT2D eigenvalue weighted by molar-refractivity contribution is -0.136. The van der Waals surface area contributed by atoms with Crippen LogP contribution in [0.15, 0.2) is 42.7 Å². The van der Waals surface area contributed by atoms with Gasteiger partial charge in [-0.15, -0.1) is 0 Å². The van der Waals surface area contributed by atoms with E-state index in [9.17, 15) is 14.4 Å². The van der Waals surface area contributed by atoms with Crippen molar-refractivity contribution in [2.45, 2.75) is 57.3 Å². The Morgan fingerprint density at radius 1 is 1.08 bits per heavy atom. The zero-order valence-corrected chi connectivity index (χ0v) is 20.0. The average Bonchev–Trinajstić information content (AvgIpc) is 3.49. The molecule has 6 rings (SSSR count). The number of fused-ring (bicyclic) bond motifs is 2. The van der Waals surface area contributed by atoms with E-state index in [0.29, 0.717) is 31.2 Å². The normalized spacial score (nSPS) is 22.7. The van der Waals surface area contributed by atoms with Crippen molar-refractivity contribution in [3.63, 3.8) is 0 Å². The van der Waals surface area contributed by atoms with Crippen molar-refractivity contribution < 1.29 is 19.1 Å². The molecular weight excluding hydrogens is 458 g/mol. The lowest BCUT2D eigenvalue weighted by atomic mass is 10.0. The van der Waals surface area contributed by atoms with Crippen molar-refractivity contribution in [1.29, 1.82) is 0 Å². The molecule has 36 heavy (non-hydrogen) atoms. The second kappa shape index (κ2) is 9.39. The first-order valence-corrected chi connectivity index (χ1v) is 12.6. The quantitative estimate of drug-likeness (QED) is 0.518. The summed E-state index contributed by atoms with van der Waals surface area (Å²) in [6.45, 7) is 2.80. The van der Waals surface area contributed by atoms with Crippen LogP contribution in [0, 0.1) is 0 Å². The van der Waals surface area contributed by atoms with Crippen molar-refractivity contribution >= 4 is 28.8 Å². The Balaban J connectivity index is 1.12. The third kappa shape index (κ3) is 4.24. The highest BCUT2D eigenvalue weighted by Crippen LogP contribution is 2.31. The molecule has 2 aromatic heterocycles. The van der Waals surface area contributed by atoms with Crippen LogP contribution in [0.5, 0.6) is 5.75 Å². The van der Waals surface area contributed by atoms with Crippen molar-refractivity contribution in [2.24, 2.45) is 0 Å². The molecule has 2 fully saturated rings. The first-order valence-electron chi connectivity index (χ1n) is 12.6. The molecule has 1 aromatic carbocycles. The molecule has 2 N–H and O–H groups in total. The zero-order valence-electron chi connectivity index (χ0n) is 20.0. The Hall–Kier alpha value is -3.72. The molecule has 0 saturated carbocycles. The van der Waals surface area contributed by atoms with Gasteiger partial charge in [0.2, 0.25) is 11.8 Å². The van der Waals surface area contributed by atoms with E-state index >= 15 is 0 Å². The molecule has 9 nitrogen and oxygen atoms in total. The molecule has 0 spiro atoms. The molecule has 9 heteroatoms. The van der Waals surface area contributed by atoms with Gasteiger partial charge in [-0.1, -0.05) is 6.42 Å². The van der Waals surface area contributed by atoms with Gasteiger partial charge in [0.1, 0.15) is 24.0 Å². The molecule has 0 bridgehead atoms. The van der Waals surface area contributed by atoms with Crippen molar-refractivity contribution in [2.75, 3.05) is 13.2 Å². The first-order chi connectivity index (χ1) is 17.6. The van der Waals surface area contributed by atoms with Gasteiger partial charge in [0.25, 0.3) is 5.91 Å². The maximum absolute atomic E-state index is 12.9. The highest BCUT2D eigenvalue weighted by atomic mass is 16.5. The second-order valence-corrected chi connectivity index (χ2v) is 9.86. The number of aromatic amines is 1. The van der Waals surface area contributed by atoms with Gasteiger partial charge in [0, 0.05) is 48.9 Å². The molecule has 3 aliphatic heterocycles. The van der Waals surface area contributed by atoms with E-state index in [1.807, 2.05) is 24.5 Å². The summed E-state index contributed by atoms with van der Waals surface area (Å²) in [5, 5.41) is 3.50. The topological polar surface area (TPSA) is 108 Å². The first kappa shape index (κ1) is 22.7. The number of amides is 3. The second-order valence-electron chi connectivity index (χ2n) is 9.86. The molecule has 186 valence electrons. The Morgan fingerprint density at radius 3 is 2.89 bits per heavy atom. The van der Waals surface area contributed by atoms with E-state index in [0.717, 1.165) is 41.9 Å². The summed E-state index contributed by atoms with van der Waals surface area (Å²) in [5.41, 5.74) is 3.63. The minimum Gasteiger partial charge on any atom is -0.492 e. The average molecular weight is 488 g/mol. The van der Waals surface area contributed by atoms with Crippen LogP contribution in [0.4, 0.5) is 0 Å². The maximum atomic E-state index is 12.9. The monoisotopic (exact) mass is 487 g/mol. The fraction of sp³-hybridized carbons (Fsp3) is 0.407. The molecule has 3 aromatic rings. The lowest BCUT2D eigenvalue weighted by Gasteiger charge is -2.35. The number of carbonyl (C=O) groups is 3. The smallest absolute Gasteiger partial charge is 0.255 e. The molecule has 0 aliphatic carbocycles. The molecular formula is C27H29N5O4. The third-order valence-electron chi connectivity index (χ3n) is 7.61. The molecule has 2 saturated heterocycles. The number of ether oxygens (including phenoxy) is 1. The number of pyridine rings is 1. The predicted octanol–water partition coefficient (Wildman–Crippen LogP) is 2.76. The van der Waals surface area contributed by atoms with Gasteiger partial charge in [-0.25, -0.2) is 4.98 Å². The summed E-state index contributed by atoms with van der Waals surface area (Å²) in [7, 11) is 0. The summed E-state index contributed by atoms with van der Waals surface area (Å²) in [6.07, 6.45) is 7.82. The third-order valence-corrected chi connectivity index (χ3v) is 7.61. The van der Waals surface area contributed by atoms with Crippen molar-refractivity contribution in [1.82, 2.24) is 25.1 Å². The number of imide groups is 1. The van der Waals surface area contributed by atoms with Crippen LogP contribution in [0.1, 0.15) is 53.6 Å². The van der Waals surface area contributed by atoms with Crippen LogP contribution in [0.2, 0.25) is 0 Å². The summed E-state index contributed by atoms with van der Waals surface area (Å²) in [6, 6.07) is 9.41. The van der Waals surface area contributed by atoms with E-state index in [-0.39, 0.29) is 18.2 Å². The number of hydrogen-bond acceptors (Lipinski definition) is 6. The van der Waals surface area contributed by atoms with Crippen molar-refractivity contribution in [3.05, 3.63) is 59.4 Å². The number of nitrogens with one attached hydrogen (secondary N) is 2. The summed E-state index contributed by atoms with van der Waals surface area (Å²) >= 11 is 0. The number of hydrogen-bond donors (Lipinski definition) is 2. The number of piperidine rings is 2. The SMILES string of the molecule is O=C1CCC(N2Cc3cc(OC[C@@H]4CCCCN4Cc4ccnc5[nH]ccc45)ccc3C2=O)C(=O)N1. The van der Waals surface area contributed by atoms with Gasteiger partial charge in [-0.2, -0.15) is 0 Å². The van der Waals surface area contributed by atoms with E-state index < -0.39 is 11.9 Å². The molecule has 3 amide bonds. The van der Waals surface area contributed by atoms with Gasteiger partial charge in [0.05, 0.1) is 0 Å². The highest BCUT2D eigenvalue weighted by Gasteiger charge is 2.39. The Kier molecular flexibility index (Phi) is 5.92. The largest absolute Gasteiger partial charge is 0.492 e. The van der Waals surface area contributed by atoms with Crippen LogP contribution in [-0.4, -0.2) is 62.7 Å². The summed E-state index contributed by atoms with van der Waals surface area (Å²) in [5.74, 6) is -0.117. The predicted molar refractivity (Wildman–Crippen MR) is 132 cm³/mol. The van der Waals surface area contributed by atoms with Gasteiger partial charge in [0.15, 0.2) is 0 Å². The minimum atomic E-state index is -0.609. The van der Waals surface area contributed by atoms with E-state index in [1.54, 1.807) is 11.0 Å². The lowest BCUT2D eigenvalue weighted by Crippen LogP contribution is -2.52. The number of benzene rings is 1. The van der Waals surface area contributed by atoms with Crippen molar-refractivity contribution in [3.8, 4) is 5.75 Å². The summed E-state index contributed by atoms with van der Waals surface area (Å²) in [4.78, 5) is 48.4. The van der Waals surface area contributed by atoms with E-state index in [4.69, 9.17) is 4.74 Å². The molecule has 3 aliphatic rings. The Bertz CT molecular complexity index is 1330.